The molecule has 0 aliphatic heterocycles. The fourth-order valence-electron chi connectivity index (χ4n) is 1.78. The molecule has 0 radical (unpaired) electrons. The van der Waals surface area contributed by atoms with E-state index < -0.39 is 0 Å². The normalized spacial score (nSPS) is 10.7. The second kappa shape index (κ2) is 6.37. The first kappa shape index (κ1) is 14.9. The largest absolute Gasteiger partial charge is 0.260 e. The summed E-state index contributed by atoms with van der Waals surface area (Å²) >= 11 is 9.45. The topological polar surface area (TPSA) is 81.4 Å². The van der Waals surface area contributed by atoms with Crippen molar-refractivity contribution in [2.24, 2.45) is 0 Å². The molecule has 1 N–H and O–H groups in total. The van der Waals surface area contributed by atoms with E-state index in [9.17, 15) is 0 Å². The van der Waals surface area contributed by atoms with Crippen LogP contribution in [-0.4, -0.2) is 29.8 Å². The molecule has 0 aliphatic carbocycles. The molecular weight excluding hydrogens is 370 g/mol. The van der Waals surface area contributed by atoms with Gasteiger partial charge in [-0.1, -0.05) is 18.5 Å². The number of aryl methyl sites for hydroxylation is 1. The molecule has 3 aromatic heterocycles. The molecule has 9 heteroatoms. The highest BCUT2D eigenvalue weighted by Crippen LogP contribution is 2.27. The minimum Gasteiger partial charge on any atom is -0.260 e. The monoisotopic (exact) mass is 379 g/mol. The van der Waals surface area contributed by atoms with Gasteiger partial charge in [0.25, 0.3) is 0 Å². The van der Waals surface area contributed by atoms with Crippen LogP contribution in [0.2, 0.25) is 5.15 Å². The van der Waals surface area contributed by atoms with Gasteiger partial charge in [0, 0.05) is 18.2 Å². The Labute approximate surface area is 139 Å². The fraction of sp³-hybridized carbons (Fsp3) is 0.154. The third-order valence-corrected chi connectivity index (χ3v) is 4.11. The predicted molar refractivity (Wildman–Crippen MR) is 86.4 cm³/mol. The van der Waals surface area contributed by atoms with Crippen molar-refractivity contribution in [1.29, 1.82) is 0 Å². The zero-order chi connectivity index (χ0) is 15.5. The molecule has 0 spiro atoms. The third kappa shape index (κ3) is 3.07. The van der Waals surface area contributed by atoms with Crippen molar-refractivity contribution >= 4 is 33.3 Å². The van der Waals surface area contributed by atoms with Gasteiger partial charge in [0.1, 0.15) is 17.3 Å². The predicted octanol–water partition coefficient (Wildman–Crippen LogP) is 2.98. The van der Waals surface area contributed by atoms with Gasteiger partial charge in [0.15, 0.2) is 5.82 Å². The molecule has 0 atom stereocenters. The first-order valence-corrected chi connectivity index (χ1v) is 7.64. The van der Waals surface area contributed by atoms with E-state index in [0.717, 1.165) is 11.3 Å². The van der Waals surface area contributed by atoms with Gasteiger partial charge in [-0.15, -0.1) is 0 Å². The molecule has 0 saturated carbocycles. The Morgan fingerprint density at radius 1 is 1.36 bits per heavy atom. The van der Waals surface area contributed by atoms with Crippen LogP contribution in [0.5, 0.6) is 0 Å². The third-order valence-electron chi connectivity index (χ3n) is 2.85. The molecule has 0 bridgehead atoms. The summed E-state index contributed by atoms with van der Waals surface area (Å²) in [6.45, 7) is 1.96. The van der Waals surface area contributed by atoms with Crippen LogP contribution in [-0.2, 0) is 6.42 Å². The molecule has 0 fully saturated rings. The molecule has 3 aromatic rings. The molecular formula is C13H11BrClN7. The summed E-state index contributed by atoms with van der Waals surface area (Å²) in [5, 5.41) is 4.59. The van der Waals surface area contributed by atoms with Gasteiger partial charge < -0.3 is 0 Å². The standard InChI is InChI=1S/C13H11BrClN7/c1-2-10-19-12(15)11(14)13(20-10)21-22-6-8(5-18-22)9-3-4-16-7-17-9/h3-7H,2H2,1H3,(H,19,20,21). The first-order chi connectivity index (χ1) is 10.7. The average Bonchev–Trinajstić information content (AvgIpc) is 3.01. The molecule has 0 aromatic carbocycles. The lowest BCUT2D eigenvalue weighted by Crippen LogP contribution is -2.12. The second-order valence-corrected chi connectivity index (χ2v) is 5.48. The van der Waals surface area contributed by atoms with Crippen molar-refractivity contribution in [2.75, 3.05) is 5.43 Å². The molecule has 0 saturated heterocycles. The highest BCUT2D eigenvalue weighted by atomic mass is 79.9. The Hall–Kier alpha value is -2.06. The van der Waals surface area contributed by atoms with Crippen LogP contribution in [0.4, 0.5) is 5.82 Å². The molecule has 3 heterocycles. The maximum atomic E-state index is 6.08. The van der Waals surface area contributed by atoms with Gasteiger partial charge in [0.2, 0.25) is 0 Å². The van der Waals surface area contributed by atoms with Crippen LogP contribution in [0, 0.1) is 0 Å². The molecule has 0 aliphatic rings. The minimum atomic E-state index is 0.359. The van der Waals surface area contributed by atoms with Crippen LogP contribution in [0.25, 0.3) is 11.3 Å². The van der Waals surface area contributed by atoms with Crippen molar-refractivity contribution in [3.05, 3.63) is 46.4 Å². The maximum Gasteiger partial charge on any atom is 0.165 e. The molecule has 0 amide bonds. The van der Waals surface area contributed by atoms with Crippen molar-refractivity contribution < 1.29 is 0 Å². The number of hydrogen-bond donors (Lipinski definition) is 1. The zero-order valence-electron chi connectivity index (χ0n) is 11.5. The number of aromatic nitrogens is 6. The van der Waals surface area contributed by atoms with Gasteiger partial charge >= 0.3 is 0 Å². The quantitative estimate of drug-likeness (QED) is 0.701. The summed E-state index contributed by atoms with van der Waals surface area (Å²) < 4.78 is 0.588. The molecule has 3 rings (SSSR count). The van der Waals surface area contributed by atoms with Crippen LogP contribution >= 0.6 is 27.5 Å². The van der Waals surface area contributed by atoms with E-state index >= 15 is 0 Å². The van der Waals surface area contributed by atoms with E-state index in [1.165, 1.54) is 6.33 Å². The van der Waals surface area contributed by atoms with Crippen LogP contribution in [0.1, 0.15) is 12.7 Å². The van der Waals surface area contributed by atoms with Crippen molar-refractivity contribution in [1.82, 2.24) is 29.8 Å². The first-order valence-electron chi connectivity index (χ1n) is 6.47. The fourth-order valence-corrected chi connectivity index (χ4v) is 2.23. The summed E-state index contributed by atoms with van der Waals surface area (Å²) in [5.74, 6) is 1.20. The summed E-state index contributed by atoms with van der Waals surface area (Å²) in [6.07, 6.45) is 7.37. The number of anilines is 1. The lowest BCUT2D eigenvalue weighted by molar-refractivity contribution is 0.787. The maximum absolute atomic E-state index is 6.08. The van der Waals surface area contributed by atoms with Gasteiger partial charge in [0.05, 0.1) is 22.6 Å². The molecule has 22 heavy (non-hydrogen) atoms. The lowest BCUT2D eigenvalue weighted by Gasteiger charge is -2.09. The number of rotatable bonds is 4. The van der Waals surface area contributed by atoms with Crippen molar-refractivity contribution in [3.8, 4) is 11.3 Å². The summed E-state index contributed by atoms with van der Waals surface area (Å²) in [7, 11) is 0. The number of halogens is 2. The van der Waals surface area contributed by atoms with Gasteiger partial charge in [-0.25, -0.2) is 19.9 Å². The summed E-state index contributed by atoms with van der Waals surface area (Å²) in [5.41, 5.74) is 4.71. The molecule has 112 valence electrons. The van der Waals surface area contributed by atoms with Crippen molar-refractivity contribution in [2.45, 2.75) is 13.3 Å². The highest BCUT2D eigenvalue weighted by Gasteiger charge is 2.11. The van der Waals surface area contributed by atoms with Gasteiger partial charge in [-0.05, 0) is 22.0 Å². The summed E-state index contributed by atoms with van der Waals surface area (Å²) in [6, 6.07) is 1.81. The average molecular weight is 381 g/mol. The number of nitrogens with one attached hydrogen (secondary N) is 1. The van der Waals surface area contributed by atoms with Crippen molar-refractivity contribution in [3.63, 3.8) is 0 Å². The Kier molecular flexibility index (Phi) is 4.30. The Morgan fingerprint density at radius 3 is 2.95 bits per heavy atom. The van der Waals surface area contributed by atoms with E-state index in [1.807, 2.05) is 13.0 Å². The second-order valence-electron chi connectivity index (χ2n) is 4.33. The smallest absolute Gasteiger partial charge is 0.165 e. The SMILES string of the molecule is CCc1nc(Cl)c(Br)c(Nn2cc(-c3ccncn3)cn2)n1. The van der Waals surface area contributed by atoms with Crippen LogP contribution in [0.15, 0.2) is 35.5 Å². The van der Waals surface area contributed by atoms with E-state index in [2.05, 4.69) is 46.4 Å². The van der Waals surface area contributed by atoms with E-state index in [1.54, 1.807) is 23.4 Å². The lowest BCUT2D eigenvalue weighted by atomic mass is 10.2. The van der Waals surface area contributed by atoms with E-state index in [0.29, 0.717) is 27.7 Å². The summed E-state index contributed by atoms with van der Waals surface area (Å²) in [4.78, 5) is 18.2. The van der Waals surface area contributed by atoms with E-state index in [-0.39, 0.29) is 0 Å². The van der Waals surface area contributed by atoms with E-state index in [4.69, 9.17) is 11.6 Å². The van der Waals surface area contributed by atoms with Gasteiger partial charge in [-0.2, -0.15) is 9.89 Å². The Balaban J connectivity index is 1.88. The Morgan fingerprint density at radius 2 is 2.23 bits per heavy atom. The highest BCUT2D eigenvalue weighted by molar-refractivity contribution is 9.10. The van der Waals surface area contributed by atoms with Crippen LogP contribution < -0.4 is 5.43 Å². The molecule has 7 nitrogen and oxygen atoms in total. The minimum absolute atomic E-state index is 0.359. The van der Waals surface area contributed by atoms with Crippen LogP contribution in [0.3, 0.4) is 0 Å². The number of hydrogen-bond acceptors (Lipinski definition) is 6. The zero-order valence-corrected chi connectivity index (χ0v) is 13.9. The number of nitrogens with zero attached hydrogens (tertiary/aromatic N) is 6. The van der Waals surface area contributed by atoms with Gasteiger partial charge in [-0.3, -0.25) is 5.43 Å². The Bertz CT molecular complexity index is 790. The molecule has 0 unspecified atom stereocenters.